The summed E-state index contributed by atoms with van der Waals surface area (Å²) in [7, 11) is 0. The molecule has 0 aromatic rings. The van der Waals surface area contributed by atoms with Gasteiger partial charge >= 0.3 is 22.4 Å². The third-order valence-corrected chi connectivity index (χ3v) is 0.341. The molecule has 1 atom stereocenters. The molecule has 0 rings (SSSR count). The number of hydrogen-bond donors (Lipinski definition) is 1. The first-order chi connectivity index (χ1) is 2.64. The minimum Gasteiger partial charge on any atom is -0.547 e. The molecule has 0 radical (unpaired) electrons. The van der Waals surface area contributed by atoms with Crippen molar-refractivity contribution in [2.45, 2.75) is 13.0 Å². The molecule has 0 aromatic carbocycles. The number of aliphatic hydroxyl groups excluding tert-OH is 1. The maximum absolute atomic E-state index is 9.34. The number of carboxylic acid groups (broad SMARTS) is 1. The van der Waals surface area contributed by atoms with Crippen molar-refractivity contribution < 1.29 is 37.4 Å². The molecule has 0 bridgehead atoms. The molecular weight excluding hydrogens is 192 g/mol. The van der Waals surface area contributed by atoms with Crippen LogP contribution in [0, 0.1) is 0 Å². The van der Waals surface area contributed by atoms with Crippen LogP contribution in [0.1, 0.15) is 6.92 Å². The van der Waals surface area contributed by atoms with Crippen LogP contribution in [0.4, 0.5) is 0 Å². The van der Waals surface area contributed by atoms with Crippen molar-refractivity contribution in [2.75, 3.05) is 0 Å². The van der Waals surface area contributed by atoms with Crippen molar-refractivity contribution in [3.05, 3.63) is 0 Å². The van der Waals surface area contributed by atoms with E-state index in [4.69, 9.17) is 5.11 Å². The standard InChI is InChI=1S/C3H6O3.Ag/c1-2(4)3(5)6;/h2,4H,1H3,(H,5,6);/q;+1/p-1/t2-;/m1./s1. The monoisotopic (exact) mass is 196 g/mol. The molecule has 0 spiro atoms. The number of carbonyl (C=O) groups excluding carboxylic acids is 1. The van der Waals surface area contributed by atoms with Gasteiger partial charge in [-0.25, -0.2) is 0 Å². The zero-order valence-electron chi connectivity index (χ0n) is 3.64. The van der Waals surface area contributed by atoms with Gasteiger partial charge in [-0.15, -0.1) is 0 Å². The van der Waals surface area contributed by atoms with Gasteiger partial charge in [0.1, 0.15) is 0 Å². The third kappa shape index (κ3) is 6.17. The average molecular weight is 197 g/mol. The molecular formula is C3H5AgO3. The Morgan fingerprint density at radius 1 is 1.86 bits per heavy atom. The average Bonchev–Trinajstić information content (AvgIpc) is 1.36. The van der Waals surface area contributed by atoms with E-state index in [0.29, 0.717) is 0 Å². The van der Waals surface area contributed by atoms with Gasteiger partial charge in [0.15, 0.2) is 0 Å². The van der Waals surface area contributed by atoms with Gasteiger partial charge in [0.25, 0.3) is 0 Å². The fraction of sp³-hybridized carbons (Fsp3) is 0.667. The zero-order valence-corrected chi connectivity index (χ0v) is 5.12. The van der Waals surface area contributed by atoms with Gasteiger partial charge in [0.2, 0.25) is 0 Å². The molecule has 46 valence electrons. The molecule has 3 nitrogen and oxygen atoms in total. The molecule has 0 saturated heterocycles. The molecule has 1 N–H and O–H groups in total. The normalized spacial score (nSPS) is 11.7. The van der Waals surface area contributed by atoms with Crippen LogP contribution in [0.25, 0.3) is 0 Å². The van der Waals surface area contributed by atoms with Crippen LogP contribution in [0.2, 0.25) is 0 Å². The SMILES string of the molecule is C[C@@H](O)C(=O)[O-].[Ag+]. The Bertz CT molecular complexity index is 61.2. The van der Waals surface area contributed by atoms with E-state index >= 15 is 0 Å². The first-order valence-corrected chi connectivity index (χ1v) is 1.53. The Kier molecular flexibility index (Phi) is 6.32. The number of carboxylic acids is 1. The molecule has 4 heteroatoms. The van der Waals surface area contributed by atoms with E-state index in [1.54, 1.807) is 0 Å². The summed E-state index contributed by atoms with van der Waals surface area (Å²) in [5, 5.41) is 17.3. The molecule has 0 unspecified atom stereocenters. The molecule has 0 aliphatic carbocycles. The van der Waals surface area contributed by atoms with Gasteiger partial charge < -0.3 is 15.0 Å². The fourth-order valence-electron chi connectivity index (χ4n) is 0. The second-order valence-corrected chi connectivity index (χ2v) is 0.995. The Hall–Kier alpha value is 0.170. The Labute approximate surface area is 56.9 Å². The molecule has 0 saturated carbocycles. The van der Waals surface area contributed by atoms with E-state index in [9.17, 15) is 9.90 Å². The minimum atomic E-state index is -1.44. The topological polar surface area (TPSA) is 60.4 Å². The van der Waals surface area contributed by atoms with Gasteiger partial charge in [0.05, 0.1) is 12.1 Å². The summed E-state index contributed by atoms with van der Waals surface area (Å²) in [6.45, 7) is 1.13. The maximum atomic E-state index is 9.34. The molecule has 0 aliphatic heterocycles. The van der Waals surface area contributed by atoms with Gasteiger partial charge in [-0.1, -0.05) is 0 Å². The van der Waals surface area contributed by atoms with Gasteiger partial charge in [-0.2, -0.15) is 0 Å². The first-order valence-electron chi connectivity index (χ1n) is 1.53. The maximum Gasteiger partial charge on any atom is 1.00 e. The first kappa shape index (κ1) is 10.2. The van der Waals surface area contributed by atoms with Crippen molar-refractivity contribution in [2.24, 2.45) is 0 Å². The van der Waals surface area contributed by atoms with Crippen LogP contribution >= 0.6 is 0 Å². The summed E-state index contributed by atoms with van der Waals surface area (Å²) in [5.74, 6) is -1.44. The number of rotatable bonds is 1. The van der Waals surface area contributed by atoms with Crippen molar-refractivity contribution in [1.29, 1.82) is 0 Å². The van der Waals surface area contributed by atoms with E-state index in [1.807, 2.05) is 0 Å². The van der Waals surface area contributed by atoms with Gasteiger partial charge in [-0.05, 0) is 6.92 Å². The third-order valence-electron chi connectivity index (χ3n) is 0.341. The Morgan fingerprint density at radius 2 is 2.00 bits per heavy atom. The smallest absolute Gasteiger partial charge is 0.547 e. The number of aliphatic carboxylic acids is 1. The van der Waals surface area contributed by atoms with Crippen LogP contribution in [0.3, 0.4) is 0 Å². The largest absolute Gasteiger partial charge is 1.00 e. The summed E-state index contributed by atoms with van der Waals surface area (Å²) in [6, 6.07) is 0. The molecule has 0 aromatic heterocycles. The summed E-state index contributed by atoms with van der Waals surface area (Å²) in [5.41, 5.74) is 0. The van der Waals surface area contributed by atoms with Gasteiger partial charge in [-0.3, -0.25) is 0 Å². The van der Waals surface area contributed by atoms with E-state index < -0.39 is 12.1 Å². The molecule has 7 heavy (non-hydrogen) atoms. The van der Waals surface area contributed by atoms with E-state index in [-0.39, 0.29) is 22.4 Å². The Morgan fingerprint density at radius 3 is 2.00 bits per heavy atom. The van der Waals surface area contributed by atoms with Gasteiger partial charge in [0, 0.05) is 0 Å². The van der Waals surface area contributed by atoms with Crippen LogP contribution in [-0.4, -0.2) is 17.2 Å². The van der Waals surface area contributed by atoms with Crippen LogP contribution in [0.5, 0.6) is 0 Å². The summed E-state index contributed by atoms with van der Waals surface area (Å²) in [4.78, 5) is 9.34. The van der Waals surface area contributed by atoms with Crippen LogP contribution < -0.4 is 5.11 Å². The predicted octanol–water partition coefficient (Wildman–Crippen LogP) is -1.89. The van der Waals surface area contributed by atoms with E-state index in [2.05, 4.69) is 0 Å². The van der Waals surface area contributed by atoms with Crippen molar-refractivity contribution in [1.82, 2.24) is 0 Å². The Balaban J connectivity index is 0. The number of carbonyl (C=O) groups is 1. The predicted molar refractivity (Wildman–Crippen MR) is 16.7 cm³/mol. The fourth-order valence-corrected chi connectivity index (χ4v) is 0. The van der Waals surface area contributed by atoms with Crippen LogP contribution in [0.15, 0.2) is 0 Å². The van der Waals surface area contributed by atoms with Crippen molar-refractivity contribution in [3.8, 4) is 0 Å². The molecule has 0 aliphatic rings. The van der Waals surface area contributed by atoms with Crippen molar-refractivity contribution >= 4 is 5.97 Å². The van der Waals surface area contributed by atoms with E-state index in [0.717, 1.165) is 6.92 Å². The summed E-state index contributed by atoms with van der Waals surface area (Å²) in [6.07, 6.45) is -1.34. The molecule has 0 amide bonds. The number of aliphatic hydroxyl groups is 1. The minimum absolute atomic E-state index is 0. The van der Waals surface area contributed by atoms with Crippen molar-refractivity contribution in [3.63, 3.8) is 0 Å². The second kappa shape index (κ2) is 4.33. The molecule has 0 heterocycles. The van der Waals surface area contributed by atoms with Crippen LogP contribution in [-0.2, 0) is 27.2 Å². The summed E-state index contributed by atoms with van der Waals surface area (Å²) >= 11 is 0. The summed E-state index contributed by atoms with van der Waals surface area (Å²) < 4.78 is 0. The quantitative estimate of drug-likeness (QED) is 0.500. The molecule has 0 fully saturated rings. The zero-order chi connectivity index (χ0) is 5.15. The van der Waals surface area contributed by atoms with E-state index in [1.165, 1.54) is 0 Å². The second-order valence-electron chi connectivity index (χ2n) is 0.995. The number of hydrogen-bond acceptors (Lipinski definition) is 3.